The lowest BCUT2D eigenvalue weighted by atomic mass is 10.2. The van der Waals surface area contributed by atoms with Crippen LogP contribution in [0.4, 0.5) is 5.69 Å². The third-order valence-electron chi connectivity index (χ3n) is 4.13. The zero-order chi connectivity index (χ0) is 20.4. The molecule has 1 N–H and O–H groups in total. The summed E-state index contributed by atoms with van der Waals surface area (Å²) in [4.78, 5) is 29.8. The number of halogens is 1. The Bertz CT molecular complexity index is 1090. The highest BCUT2D eigenvalue weighted by molar-refractivity contribution is 7.99. The van der Waals surface area contributed by atoms with Gasteiger partial charge in [0.1, 0.15) is 5.52 Å². The van der Waals surface area contributed by atoms with Crippen LogP contribution >= 0.6 is 23.4 Å². The van der Waals surface area contributed by atoms with E-state index in [1.165, 1.54) is 11.8 Å². The molecule has 2 aromatic heterocycles. The zero-order valence-electron chi connectivity index (χ0n) is 16.2. The number of anilines is 1. The van der Waals surface area contributed by atoms with Crippen LogP contribution in [0, 0.1) is 12.8 Å². The smallest absolute Gasteiger partial charge is 0.282 e. The van der Waals surface area contributed by atoms with E-state index < -0.39 is 0 Å². The molecule has 0 spiro atoms. The fraction of sp³-hybridized carbons (Fsp3) is 0.368. The molecule has 0 unspecified atom stereocenters. The summed E-state index contributed by atoms with van der Waals surface area (Å²) in [5.74, 6) is 0.192. The molecule has 9 heteroatoms. The molecule has 2 heterocycles. The van der Waals surface area contributed by atoms with Gasteiger partial charge in [0.05, 0.1) is 11.9 Å². The number of thioether (sulfide) groups is 1. The minimum atomic E-state index is -0.188. The Balaban J connectivity index is 1.83. The number of aromatic nitrogens is 4. The molecule has 0 aliphatic rings. The van der Waals surface area contributed by atoms with E-state index in [4.69, 9.17) is 11.6 Å². The third-order valence-corrected chi connectivity index (χ3v) is 5.51. The maximum Gasteiger partial charge on any atom is 0.282 e. The fourth-order valence-electron chi connectivity index (χ4n) is 2.78. The summed E-state index contributed by atoms with van der Waals surface area (Å²) in [6, 6.07) is 5.37. The van der Waals surface area contributed by atoms with Gasteiger partial charge in [-0.1, -0.05) is 43.3 Å². The quantitative estimate of drug-likeness (QED) is 0.488. The average Bonchev–Trinajstić information content (AvgIpc) is 3.00. The monoisotopic (exact) mass is 419 g/mol. The van der Waals surface area contributed by atoms with Crippen LogP contribution in [0.15, 0.2) is 34.3 Å². The molecule has 0 radical (unpaired) electrons. The Morgan fingerprint density at radius 1 is 1.36 bits per heavy atom. The van der Waals surface area contributed by atoms with Crippen molar-refractivity contribution in [2.45, 2.75) is 32.5 Å². The van der Waals surface area contributed by atoms with E-state index >= 15 is 0 Å². The molecule has 0 atom stereocenters. The number of benzene rings is 1. The molecule has 0 bridgehead atoms. The Hall–Kier alpha value is -2.32. The third kappa shape index (κ3) is 4.39. The van der Waals surface area contributed by atoms with Gasteiger partial charge in [-0.3, -0.25) is 18.8 Å². The van der Waals surface area contributed by atoms with Gasteiger partial charge in [0, 0.05) is 24.3 Å². The van der Waals surface area contributed by atoms with Gasteiger partial charge in [-0.2, -0.15) is 5.10 Å². The Morgan fingerprint density at radius 2 is 2.11 bits per heavy atom. The van der Waals surface area contributed by atoms with Crippen molar-refractivity contribution in [3.05, 3.63) is 45.3 Å². The molecule has 28 heavy (non-hydrogen) atoms. The average molecular weight is 420 g/mol. The molecule has 7 nitrogen and oxygen atoms in total. The number of amides is 1. The van der Waals surface area contributed by atoms with Gasteiger partial charge in [-0.25, -0.2) is 4.98 Å². The maximum atomic E-state index is 12.8. The molecule has 1 amide bonds. The molecule has 0 aliphatic carbocycles. The number of rotatable bonds is 6. The van der Waals surface area contributed by atoms with Crippen LogP contribution in [-0.4, -0.2) is 31.0 Å². The van der Waals surface area contributed by atoms with Crippen molar-refractivity contribution >= 4 is 46.0 Å². The Morgan fingerprint density at radius 3 is 2.82 bits per heavy atom. The molecule has 3 aromatic rings. The van der Waals surface area contributed by atoms with E-state index in [1.807, 2.05) is 20.8 Å². The van der Waals surface area contributed by atoms with Gasteiger partial charge in [-0.05, 0) is 30.5 Å². The molecule has 0 saturated carbocycles. The number of carbonyl (C=O) groups excluding carboxylic acids is 1. The van der Waals surface area contributed by atoms with Gasteiger partial charge in [-0.15, -0.1) is 0 Å². The fourth-order valence-corrected chi connectivity index (χ4v) is 3.77. The van der Waals surface area contributed by atoms with E-state index in [0.717, 1.165) is 5.56 Å². The lowest BCUT2D eigenvalue weighted by molar-refractivity contribution is -0.113. The second-order valence-electron chi connectivity index (χ2n) is 6.99. The lowest BCUT2D eigenvalue weighted by Gasteiger charge is -2.14. The number of hydrogen-bond donors (Lipinski definition) is 1. The number of nitrogens with zero attached hydrogens (tertiary/aromatic N) is 4. The summed E-state index contributed by atoms with van der Waals surface area (Å²) in [6.07, 6.45) is 1.70. The Labute approximate surface area is 172 Å². The second-order valence-corrected chi connectivity index (χ2v) is 8.34. The van der Waals surface area contributed by atoms with Crippen molar-refractivity contribution in [3.63, 3.8) is 0 Å². The predicted molar refractivity (Wildman–Crippen MR) is 113 cm³/mol. The van der Waals surface area contributed by atoms with Crippen LogP contribution < -0.4 is 10.9 Å². The van der Waals surface area contributed by atoms with E-state index in [-0.39, 0.29) is 23.1 Å². The summed E-state index contributed by atoms with van der Waals surface area (Å²) in [6.45, 7) is 6.41. The van der Waals surface area contributed by atoms with Gasteiger partial charge in [0.25, 0.3) is 5.56 Å². The second kappa shape index (κ2) is 8.36. The summed E-state index contributed by atoms with van der Waals surface area (Å²) in [7, 11) is 1.75. The van der Waals surface area contributed by atoms with Crippen LogP contribution in [0.2, 0.25) is 5.02 Å². The molecular formula is C19H22ClN5O2S. The van der Waals surface area contributed by atoms with Gasteiger partial charge in [0.15, 0.2) is 10.7 Å². The maximum absolute atomic E-state index is 12.8. The van der Waals surface area contributed by atoms with E-state index in [2.05, 4.69) is 15.4 Å². The molecular weight excluding hydrogens is 398 g/mol. The standard InChI is InChI=1S/C19H22ClN5O2S/c1-11(2)8-25-18(27)17-15(9-24(4)23-17)22-19(25)28-10-16(26)21-14-7-5-6-13(20)12(14)3/h5-7,9,11H,8,10H2,1-4H3,(H,21,26). The van der Waals surface area contributed by atoms with Crippen LogP contribution in [0.5, 0.6) is 0 Å². The first-order valence-corrected chi connectivity index (χ1v) is 10.2. The number of hydrogen-bond acceptors (Lipinski definition) is 5. The Kier molecular flexibility index (Phi) is 6.10. The minimum Gasteiger partial charge on any atom is -0.325 e. The molecule has 3 rings (SSSR count). The number of aryl methyl sites for hydroxylation is 1. The largest absolute Gasteiger partial charge is 0.325 e. The molecule has 1 aromatic carbocycles. The van der Waals surface area contributed by atoms with Crippen molar-refractivity contribution in [1.29, 1.82) is 0 Å². The number of fused-ring (bicyclic) bond motifs is 1. The summed E-state index contributed by atoms with van der Waals surface area (Å²) < 4.78 is 3.17. The predicted octanol–water partition coefficient (Wildman–Crippen LogP) is 3.48. The van der Waals surface area contributed by atoms with Crippen molar-refractivity contribution in [1.82, 2.24) is 19.3 Å². The van der Waals surface area contributed by atoms with Crippen LogP contribution in [0.25, 0.3) is 11.0 Å². The summed E-state index contributed by atoms with van der Waals surface area (Å²) in [5, 5.41) is 8.18. The normalized spacial score (nSPS) is 11.4. The number of nitrogens with one attached hydrogen (secondary N) is 1. The van der Waals surface area contributed by atoms with Gasteiger partial charge in [0.2, 0.25) is 5.91 Å². The van der Waals surface area contributed by atoms with Crippen molar-refractivity contribution in [3.8, 4) is 0 Å². The zero-order valence-corrected chi connectivity index (χ0v) is 17.8. The van der Waals surface area contributed by atoms with Crippen LogP contribution in [0.1, 0.15) is 19.4 Å². The first-order valence-electron chi connectivity index (χ1n) is 8.88. The summed E-state index contributed by atoms with van der Waals surface area (Å²) >= 11 is 7.34. The lowest BCUT2D eigenvalue weighted by Crippen LogP contribution is -2.26. The van der Waals surface area contributed by atoms with E-state index in [1.54, 1.807) is 40.7 Å². The number of carbonyl (C=O) groups is 1. The highest BCUT2D eigenvalue weighted by Gasteiger charge is 2.17. The minimum absolute atomic E-state index is 0.127. The molecule has 0 fully saturated rings. The van der Waals surface area contributed by atoms with Crippen molar-refractivity contribution in [2.24, 2.45) is 13.0 Å². The molecule has 148 valence electrons. The molecule has 0 saturated heterocycles. The topological polar surface area (TPSA) is 81.8 Å². The van der Waals surface area contributed by atoms with Crippen LogP contribution in [0.3, 0.4) is 0 Å². The van der Waals surface area contributed by atoms with Gasteiger partial charge < -0.3 is 5.32 Å². The van der Waals surface area contributed by atoms with E-state index in [0.29, 0.717) is 33.4 Å². The van der Waals surface area contributed by atoms with Gasteiger partial charge >= 0.3 is 0 Å². The van der Waals surface area contributed by atoms with Crippen LogP contribution in [-0.2, 0) is 18.4 Å². The van der Waals surface area contributed by atoms with Crippen molar-refractivity contribution < 1.29 is 4.79 Å². The highest BCUT2D eigenvalue weighted by Crippen LogP contribution is 2.24. The highest BCUT2D eigenvalue weighted by atomic mass is 35.5. The first kappa shape index (κ1) is 20.4. The summed E-state index contributed by atoms with van der Waals surface area (Å²) in [5.41, 5.74) is 2.17. The first-order chi connectivity index (χ1) is 13.3. The molecule has 0 aliphatic heterocycles. The van der Waals surface area contributed by atoms with Crippen molar-refractivity contribution in [2.75, 3.05) is 11.1 Å². The SMILES string of the molecule is Cc1c(Cl)cccc1NC(=O)CSc1nc2cn(C)nc2c(=O)n1CC(C)C. The van der Waals surface area contributed by atoms with E-state index in [9.17, 15) is 9.59 Å².